The number of oxazole rings is 1. The second-order valence-electron chi connectivity index (χ2n) is 7.51. The number of aromatic nitrogens is 1. The zero-order chi connectivity index (χ0) is 20.1. The van der Waals surface area contributed by atoms with Gasteiger partial charge in [-0.2, -0.15) is 0 Å². The van der Waals surface area contributed by atoms with Crippen LogP contribution in [0.2, 0.25) is 0 Å². The molecule has 0 radical (unpaired) electrons. The largest absolute Gasteiger partial charge is 0.496 e. The molecule has 4 rings (SSSR count). The molecular formula is C23H27N3O3. The predicted octanol–water partition coefficient (Wildman–Crippen LogP) is 3.37. The van der Waals surface area contributed by atoms with Crippen LogP contribution in [0.15, 0.2) is 52.9 Å². The Morgan fingerprint density at radius 3 is 2.93 bits per heavy atom. The van der Waals surface area contributed by atoms with Gasteiger partial charge in [0.25, 0.3) is 0 Å². The van der Waals surface area contributed by atoms with E-state index in [0.717, 1.165) is 60.7 Å². The van der Waals surface area contributed by atoms with Crippen molar-refractivity contribution in [2.24, 2.45) is 0 Å². The molecule has 1 aliphatic heterocycles. The predicted molar refractivity (Wildman–Crippen MR) is 112 cm³/mol. The van der Waals surface area contributed by atoms with E-state index in [1.54, 1.807) is 7.11 Å². The number of para-hydroxylation sites is 3. The fourth-order valence-electron chi connectivity index (χ4n) is 3.97. The van der Waals surface area contributed by atoms with Crippen molar-refractivity contribution in [1.82, 2.24) is 15.2 Å². The number of hydrogen-bond acceptors (Lipinski definition) is 5. The number of piperidine rings is 1. The highest BCUT2D eigenvalue weighted by molar-refractivity contribution is 5.78. The Hall–Kier alpha value is -2.86. The number of hydrogen-bond donors (Lipinski definition) is 1. The number of rotatable bonds is 7. The van der Waals surface area contributed by atoms with Crippen LogP contribution in [0, 0.1) is 0 Å². The number of methoxy groups -OCH3 is 1. The highest BCUT2D eigenvalue weighted by Crippen LogP contribution is 2.28. The van der Waals surface area contributed by atoms with Crippen LogP contribution in [0.4, 0.5) is 0 Å². The number of ether oxygens (including phenoxy) is 1. The van der Waals surface area contributed by atoms with E-state index in [-0.39, 0.29) is 11.8 Å². The molecule has 1 N–H and O–H groups in total. The monoisotopic (exact) mass is 393 g/mol. The van der Waals surface area contributed by atoms with Gasteiger partial charge in [0.15, 0.2) is 11.5 Å². The second kappa shape index (κ2) is 9.09. The molecule has 1 unspecified atom stereocenters. The highest BCUT2D eigenvalue weighted by atomic mass is 16.5. The van der Waals surface area contributed by atoms with E-state index in [2.05, 4.69) is 15.2 Å². The summed E-state index contributed by atoms with van der Waals surface area (Å²) in [6.45, 7) is 2.73. The fourth-order valence-corrected chi connectivity index (χ4v) is 3.97. The van der Waals surface area contributed by atoms with Gasteiger partial charge in [-0.25, -0.2) is 4.98 Å². The van der Waals surface area contributed by atoms with Crippen LogP contribution in [0.1, 0.15) is 30.2 Å². The molecule has 1 aromatic heterocycles. The minimum absolute atomic E-state index is 0.0538. The Morgan fingerprint density at radius 2 is 2.07 bits per heavy atom. The maximum atomic E-state index is 12.4. The molecule has 1 amide bonds. The molecule has 3 aromatic rings. The van der Waals surface area contributed by atoms with Crippen molar-refractivity contribution in [3.05, 3.63) is 60.0 Å². The number of carbonyl (C=O) groups excluding carboxylic acids is 1. The molecule has 152 valence electrons. The Bertz CT molecular complexity index is 936. The highest BCUT2D eigenvalue weighted by Gasteiger charge is 2.26. The summed E-state index contributed by atoms with van der Waals surface area (Å²) in [6, 6.07) is 15.7. The fraction of sp³-hybridized carbons (Fsp3) is 0.391. The lowest BCUT2D eigenvalue weighted by atomic mass is 9.98. The van der Waals surface area contributed by atoms with Gasteiger partial charge < -0.3 is 14.5 Å². The van der Waals surface area contributed by atoms with Crippen molar-refractivity contribution in [3.8, 4) is 5.75 Å². The maximum Gasteiger partial charge on any atom is 0.234 e. The van der Waals surface area contributed by atoms with E-state index >= 15 is 0 Å². The molecule has 2 aromatic carbocycles. The number of nitrogens with one attached hydrogen (secondary N) is 1. The van der Waals surface area contributed by atoms with Crippen molar-refractivity contribution in [2.45, 2.75) is 25.2 Å². The van der Waals surface area contributed by atoms with Gasteiger partial charge in [-0.1, -0.05) is 30.3 Å². The molecule has 29 heavy (non-hydrogen) atoms. The van der Waals surface area contributed by atoms with Crippen LogP contribution in [0.5, 0.6) is 5.75 Å². The Labute approximate surface area is 170 Å². The van der Waals surface area contributed by atoms with Crippen molar-refractivity contribution in [1.29, 1.82) is 0 Å². The number of benzene rings is 2. The first-order chi connectivity index (χ1) is 14.2. The SMILES string of the molecule is COc1ccccc1CCNC(=O)CN1CCCC(c2nc3ccccc3o2)C1. The quantitative estimate of drug-likeness (QED) is 0.667. The number of amides is 1. The van der Waals surface area contributed by atoms with Crippen LogP contribution in [-0.4, -0.2) is 49.1 Å². The van der Waals surface area contributed by atoms with Gasteiger partial charge in [-0.15, -0.1) is 0 Å². The van der Waals surface area contributed by atoms with Crippen LogP contribution in [-0.2, 0) is 11.2 Å². The lowest BCUT2D eigenvalue weighted by molar-refractivity contribution is -0.122. The summed E-state index contributed by atoms with van der Waals surface area (Å²) in [5.74, 6) is 1.93. The third kappa shape index (κ3) is 4.77. The summed E-state index contributed by atoms with van der Waals surface area (Å²) in [6.07, 6.45) is 2.83. The molecular weight excluding hydrogens is 366 g/mol. The summed E-state index contributed by atoms with van der Waals surface area (Å²) in [5, 5.41) is 3.03. The normalized spacial score (nSPS) is 17.3. The maximum absolute atomic E-state index is 12.4. The Morgan fingerprint density at radius 1 is 1.24 bits per heavy atom. The lowest BCUT2D eigenvalue weighted by Crippen LogP contribution is -2.42. The van der Waals surface area contributed by atoms with Gasteiger partial charge in [-0.3, -0.25) is 9.69 Å². The average molecular weight is 393 g/mol. The first-order valence-corrected chi connectivity index (χ1v) is 10.2. The van der Waals surface area contributed by atoms with Gasteiger partial charge in [0.05, 0.1) is 13.7 Å². The second-order valence-corrected chi connectivity index (χ2v) is 7.51. The summed E-state index contributed by atoms with van der Waals surface area (Å²) in [5.41, 5.74) is 2.83. The van der Waals surface area contributed by atoms with Crippen molar-refractivity contribution < 1.29 is 13.9 Å². The van der Waals surface area contributed by atoms with E-state index in [9.17, 15) is 4.79 Å². The van der Waals surface area contributed by atoms with Crippen LogP contribution < -0.4 is 10.1 Å². The van der Waals surface area contributed by atoms with Crippen LogP contribution >= 0.6 is 0 Å². The standard InChI is InChI=1S/C23H27N3O3/c1-28-20-10-4-2-7-17(20)12-13-24-22(27)16-26-14-6-8-18(15-26)23-25-19-9-3-5-11-21(19)29-23/h2-5,7,9-11,18H,6,8,12-16H2,1H3,(H,24,27). The number of likely N-dealkylation sites (tertiary alicyclic amines) is 1. The smallest absolute Gasteiger partial charge is 0.234 e. The topological polar surface area (TPSA) is 67.6 Å². The van der Waals surface area contributed by atoms with E-state index in [1.165, 1.54) is 0 Å². The average Bonchev–Trinajstić information content (AvgIpc) is 3.19. The molecule has 1 fully saturated rings. The molecule has 2 heterocycles. The first kappa shape index (κ1) is 19.5. The van der Waals surface area contributed by atoms with Crippen molar-refractivity contribution >= 4 is 17.0 Å². The first-order valence-electron chi connectivity index (χ1n) is 10.2. The molecule has 1 atom stereocenters. The number of carbonyl (C=O) groups is 1. The summed E-state index contributed by atoms with van der Waals surface area (Å²) < 4.78 is 11.3. The van der Waals surface area contributed by atoms with Gasteiger partial charge in [0.1, 0.15) is 11.3 Å². The van der Waals surface area contributed by atoms with Crippen LogP contribution in [0.3, 0.4) is 0 Å². The van der Waals surface area contributed by atoms with E-state index in [1.807, 2.05) is 48.5 Å². The van der Waals surface area contributed by atoms with E-state index in [0.29, 0.717) is 13.1 Å². The summed E-state index contributed by atoms with van der Waals surface area (Å²) >= 11 is 0. The van der Waals surface area contributed by atoms with Crippen molar-refractivity contribution in [2.75, 3.05) is 33.3 Å². The number of fused-ring (bicyclic) bond motifs is 1. The van der Waals surface area contributed by atoms with Crippen molar-refractivity contribution in [3.63, 3.8) is 0 Å². The molecule has 1 aliphatic rings. The van der Waals surface area contributed by atoms with Gasteiger partial charge in [0, 0.05) is 19.0 Å². The van der Waals surface area contributed by atoms with Gasteiger partial charge in [-0.05, 0) is 49.6 Å². The third-order valence-corrected chi connectivity index (χ3v) is 5.44. The molecule has 0 spiro atoms. The zero-order valence-electron chi connectivity index (χ0n) is 16.8. The third-order valence-electron chi connectivity index (χ3n) is 5.44. The van der Waals surface area contributed by atoms with E-state index in [4.69, 9.17) is 9.15 Å². The van der Waals surface area contributed by atoms with Gasteiger partial charge in [0.2, 0.25) is 5.91 Å². The summed E-state index contributed by atoms with van der Waals surface area (Å²) in [7, 11) is 1.67. The Kier molecular flexibility index (Phi) is 6.10. The molecule has 6 nitrogen and oxygen atoms in total. The summed E-state index contributed by atoms with van der Waals surface area (Å²) in [4.78, 5) is 19.3. The minimum atomic E-state index is 0.0538. The molecule has 0 bridgehead atoms. The zero-order valence-corrected chi connectivity index (χ0v) is 16.8. The number of nitrogens with zero attached hydrogens (tertiary/aromatic N) is 2. The molecule has 6 heteroatoms. The minimum Gasteiger partial charge on any atom is -0.496 e. The van der Waals surface area contributed by atoms with Gasteiger partial charge >= 0.3 is 0 Å². The Balaban J connectivity index is 1.28. The lowest BCUT2D eigenvalue weighted by Gasteiger charge is -2.30. The molecule has 0 saturated carbocycles. The molecule has 0 aliphatic carbocycles. The van der Waals surface area contributed by atoms with Crippen LogP contribution in [0.25, 0.3) is 11.1 Å². The van der Waals surface area contributed by atoms with E-state index < -0.39 is 0 Å². The molecule has 1 saturated heterocycles.